The van der Waals surface area contributed by atoms with Crippen LogP contribution >= 0.6 is 0 Å². The fourth-order valence-electron chi connectivity index (χ4n) is 2.48. The van der Waals surface area contributed by atoms with E-state index in [-0.39, 0.29) is 11.6 Å². The Morgan fingerprint density at radius 3 is 2.81 bits per heavy atom. The van der Waals surface area contributed by atoms with Gasteiger partial charge in [-0.3, -0.25) is 0 Å². The Hall–Kier alpha value is -2.76. The highest BCUT2D eigenvalue weighted by atomic mass is 19.1. The summed E-state index contributed by atoms with van der Waals surface area (Å²) in [5, 5.41) is 3.32. The Morgan fingerprint density at radius 2 is 2.15 bits per heavy atom. The lowest BCUT2D eigenvalue weighted by Gasteiger charge is -2.13. The molecule has 1 heterocycles. The third-order valence-corrected chi connectivity index (χ3v) is 3.97. The summed E-state index contributed by atoms with van der Waals surface area (Å²) in [7, 11) is 1.46. The Kier molecular flexibility index (Phi) is 7.26. The molecule has 0 fully saturated rings. The van der Waals surface area contributed by atoms with Crippen LogP contribution in [0.5, 0.6) is 5.75 Å². The van der Waals surface area contributed by atoms with Crippen LogP contribution in [-0.2, 0) is 6.42 Å². The summed E-state index contributed by atoms with van der Waals surface area (Å²) in [6, 6.07) is 5.00. The van der Waals surface area contributed by atoms with Gasteiger partial charge in [-0.2, -0.15) is 0 Å². The number of aliphatic imine (C=N–C) groups is 1. The van der Waals surface area contributed by atoms with E-state index < -0.39 is 0 Å². The Balaban J connectivity index is 2.16. The van der Waals surface area contributed by atoms with Crippen LogP contribution < -0.4 is 10.1 Å². The van der Waals surface area contributed by atoms with Crippen molar-refractivity contribution in [2.24, 2.45) is 4.99 Å². The molecule has 0 saturated heterocycles. The number of allylic oxidation sites excluding steroid dienone is 2. The van der Waals surface area contributed by atoms with E-state index in [2.05, 4.69) is 20.3 Å². The van der Waals surface area contributed by atoms with E-state index in [4.69, 9.17) is 4.74 Å². The maximum Gasteiger partial charge on any atom is 0.165 e. The monoisotopic (exact) mass is 356 g/mol. The van der Waals surface area contributed by atoms with Crippen LogP contribution in [-0.4, -0.2) is 29.8 Å². The largest absolute Gasteiger partial charge is 0.494 e. The molecule has 0 amide bonds. The van der Waals surface area contributed by atoms with Gasteiger partial charge in [0.05, 0.1) is 12.7 Å². The fraction of sp³-hybridized carbons (Fsp3) is 0.350. The van der Waals surface area contributed by atoms with Crippen LogP contribution in [0, 0.1) is 5.82 Å². The van der Waals surface area contributed by atoms with Crippen molar-refractivity contribution in [2.75, 3.05) is 19.0 Å². The lowest BCUT2D eigenvalue weighted by atomic mass is 10.1. The van der Waals surface area contributed by atoms with Gasteiger partial charge in [-0.25, -0.2) is 19.4 Å². The van der Waals surface area contributed by atoms with Gasteiger partial charge in [0.15, 0.2) is 17.4 Å². The molecule has 0 spiro atoms. The normalized spacial score (nSPS) is 11.8. The molecular weight excluding hydrogens is 331 g/mol. The number of aromatic nitrogens is 2. The molecule has 1 N–H and O–H groups in total. The smallest absolute Gasteiger partial charge is 0.165 e. The number of hydrogen-bond acceptors (Lipinski definition) is 5. The van der Waals surface area contributed by atoms with Crippen LogP contribution in [0.15, 0.2) is 35.6 Å². The zero-order valence-corrected chi connectivity index (χ0v) is 15.7. The van der Waals surface area contributed by atoms with Crippen LogP contribution in [0.2, 0.25) is 0 Å². The van der Waals surface area contributed by atoms with E-state index in [1.807, 2.05) is 39.1 Å². The van der Waals surface area contributed by atoms with Gasteiger partial charge in [-0.05, 0) is 50.0 Å². The van der Waals surface area contributed by atoms with E-state index in [1.165, 1.54) is 19.5 Å². The number of methoxy groups -OCH3 is 1. The van der Waals surface area contributed by atoms with Crippen LogP contribution in [0.3, 0.4) is 0 Å². The lowest BCUT2D eigenvalue weighted by Crippen LogP contribution is -2.09. The summed E-state index contributed by atoms with van der Waals surface area (Å²) in [6.45, 7) is 6.62. The number of nitrogens with one attached hydrogen (secondary N) is 1. The lowest BCUT2D eigenvalue weighted by molar-refractivity contribution is 0.386. The summed E-state index contributed by atoms with van der Waals surface area (Å²) < 4.78 is 18.7. The first-order chi connectivity index (χ1) is 12.6. The van der Waals surface area contributed by atoms with Crippen molar-refractivity contribution in [1.29, 1.82) is 0 Å². The van der Waals surface area contributed by atoms with Gasteiger partial charge in [-0.1, -0.05) is 19.1 Å². The minimum absolute atomic E-state index is 0.252. The number of halogens is 1. The molecule has 0 aliphatic carbocycles. The summed E-state index contributed by atoms with van der Waals surface area (Å²) >= 11 is 0. The van der Waals surface area contributed by atoms with Crippen molar-refractivity contribution in [3.8, 4) is 5.75 Å². The molecule has 138 valence electrons. The van der Waals surface area contributed by atoms with Gasteiger partial charge in [0.1, 0.15) is 12.1 Å². The first-order valence-electron chi connectivity index (χ1n) is 8.67. The first-order valence-corrected chi connectivity index (χ1v) is 8.67. The highest BCUT2D eigenvalue weighted by molar-refractivity contribution is 5.81. The van der Waals surface area contributed by atoms with Crippen molar-refractivity contribution in [2.45, 2.75) is 33.6 Å². The Bertz CT molecular complexity index is 802. The zero-order valence-electron chi connectivity index (χ0n) is 15.7. The van der Waals surface area contributed by atoms with Crippen molar-refractivity contribution in [3.05, 3.63) is 47.5 Å². The van der Waals surface area contributed by atoms with Crippen molar-refractivity contribution < 1.29 is 9.13 Å². The molecule has 2 rings (SSSR count). The highest BCUT2D eigenvalue weighted by Crippen LogP contribution is 2.29. The van der Waals surface area contributed by atoms with Gasteiger partial charge < -0.3 is 10.1 Å². The maximum absolute atomic E-state index is 13.8. The van der Waals surface area contributed by atoms with E-state index in [1.54, 1.807) is 6.07 Å². The third kappa shape index (κ3) is 4.88. The first kappa shape index (κ1) is 19.6. The molecule has 0 radical (unpaired) electrons. The molecule has 0 aliphatic heterocycles. The van der Waals surface area contributed by atoms with E-state index in [0.29, 0.717) is 18.8 Å². The van der Waals surface area contributed by atoms with Crippen molar-refractivity contribution in [1.82, 2.24) is 9.97 Å². The minimum Gasteiger partial charge on any atom is -0.494 e. The predicted octanol–water partition coefficient (Wildman–Crippen LogP) is 4.81. The topological polar surface area (TPSA) is 59.4 Å². The van der Waals surface area contributed by atoms with Gasteiger partial charge in [-0.15, -0.1) is 0 Å². The average molecular weight is 356 g/mol. The summed E-state index contributed by atoms with van der Waals surface area (Å²) in [6.07, 6.45) is 6.84. The van der Waals surface area contributed by atoms with E-state index >= 15 is 0 Å². The number of ether oxygens (including phenoxy) is 1. The average Bonchev–Trinajstić information content (AvgIpc) is 2.66. The molecule has 5 nitrogen and oxygen atoms in total. The van der Waals surface area contributed by atoms with Gasteiger partial charge >= 0.3 is 0 Å². The molecule has 0 atom stereocenters. The number of rotatable bonds is 8. The van der Waals surface area contributed by atoms with Gasteiger partial charge in [0.25, 0.3) is 0 Å². The number of hydrogen-bond donors (Lipinski definition) is 1. The van der Waals surface area contributed by atoms with Gasteiger partial charge in [0, 0.05) is 12.8 Å². The fourth-order valence-corrected chi connectivity index (χ4v) is 2.48. The quantitative estimate of drug-likeness (QED) is 0.689. The van der Waals surface area contributed by atoms with Crippen molar-refractivity contribution in [3.63, 3.8) is 0 Å². The zero-order chi connectivity index (χ0) is 18.9. The Labute approximate surface area is 154 Å². The molecular formula is C20H25FN4O. The summed E-state index contributed by atoms with van der Waals surface area (Å²) in [4.78, 5) is 13.1. The molecule has 0 bridgehead atoms. The SMILES string of the molecule is CC=C(C)c1c(N=CCC)ncnc1NCCc1ccc(OC)c(F)c1. The molecule has 1 aromatic carbocycles. The molecule has 0 aliphatic rings. The molecule has 2 aromatic rings. The molecule has 0 unspecified atom stereocenters. The number of nitrogens with zero attached hydrogens (tertiary/aromatic N) is 3. The minimum atomic E-state index is -0.353. The van der Waals surface area contributed by atoms with Crippen LogP contribution in [0.4, 0.5) is 16.0 Å². The molecule has 26 heavy (non-hydrogen) atoms. The molecule has 1 aromatic heterocycles. The standard InChI is InChI=1S/C20H25FN4O/c1-5-10-22-19-18(14(3)6-2)20(25-13-24-19)23-11-9-15-7-8-17(26-4)16(21)12-15/h6-8,10,12-13H,5,9,11H2,1-4H3,(H,23,24,25). The summed E-state index contributed by atoms with van der Waals surface area (Å²) in [5.74, 6) is 1.28. The van der Waals surface area contributed by atoms with E-state index in [9.17, 15) is 4.39 Å². The highest BCUT2D eigenvalue weighted by Gasteiger charge is 2.12. The molecule has 6 heteroatoms. The second-order valence-electron chi connectivity index (χ2n) is 5.76. The van der Waals surface area contributed by atoms with Gasteiger partial charge in [0.2, 0.25) is 0 Å². The second-order valence-corrected chi connectivity index (χ2v) is 5.76. The Morgan fingerprint density at radius 1 is 1.35 bits per heavy atom. The number of anilines is 1. The molecule has 0 saturated carbocycles. The number of benzene rings is 1. The van der Waals surface area contributed by atoms with E-state index in [0.717, 1.165) is 28.9 Å². The second kappa shape index (κ2) is 9.65. The maximum atomic E-state index is 13.8. The van der Waals surface area contributed by atoms with Crippen LogP contribution in [0.25, 0.3) is 5.57 Å². The predicted molar refractivity (Wildman–Crippen MR) is 105 cm³/mol. The van der Waals surface area contributed by atoms with Crippen molar-refractivity contribution >= 4 is 23.4 Å². The summed E-state index contributed by atoms with van der Waals surface area (Å²) in [5.41, 5.74) is 2.82. The third-order valence-electron chi connectivity index (χ3n) is 3.97. The van der Waals surface area contributed by atoms with Crippen LogP contribution in [0.1, 0.15) is 38.3 Å².